The van der Waals surface area contributed by atoms with Crippen LogP contribution in [0.2, 0.25) is 0 Å². The quantitative estimate of drug-likeness (QED) is 0.641. The van der Waals surface area contributed by atoms with Crippen LogP contribution in [-0.2, 0) is 4.79 Å². The Morgan fingerprint density at radius 1 is 0.958 bits per heavy atom. The number of Topliss-reactive ketones (excluding diaryl/α,β-unsaturated/α-hetero) is 1. The molecule has 0 bridgehead atoms. The number of carbonyl (C=O) groups is 2. The summed E-state index contributed by atoms with van der Waals surface area (Å²) in [6.07, 6.45) is 4.89. The molecular formula is C20H22N2O2. The molecule has 1 saturated carbocycles. The van der Waals surface area contributed by atoms with Gasteiger partial charge in [0.15, 0.2) is 0 Å². The molecule has 0 aromatic heterocycles. The lowest BCUT2D eigenvalue weighted by atomic mass is 10.1. The van der Waals surface area contributed by atoms with E-state index in [-0.39, 0.29) is 0 Å². The predicted octanol–water partition coefficient (Wildman–Crippen LogP) is 4.17. The number of nitrogens with one attached hydrogen (secondary N) is 2. The third-order valence-electron chi connectivity index (χ3n) is 4.37. The van der Waals surface area contributed by atoms with E-state index in [0.29, 0.717) is 17.3 Å². The highest BCUT2D eigenvalue weighted by molar-refractivity contribution is 6.46. The van der Waals surface area contributed by atoms with E-state index in [1.54, 1.807) is 18.2 Å². The molecule has 124 valence electrons. The number of ketones is 1. The van der Waals surface area contributed by atoms with Gasteiger partial charge in [0, 0.05) is 23.0 Å². The summed E-state index contributed by atoms with van der Waals surface area (Å²) in [5, 5.41) is 6.18. The molecule has 4 heteroatoms. The molecule has 1 aliphatic rings. The molecule has 0 unspecified atom stereocenters. The van der Waals surface area contributed by atoms with Crippen molar-refractivity contribution in [3.05, 3.63) is 59.7 Å². The number of amides is 1. The summed E-state index contributed by atoms with van der Waals surface area (Å²) < 4.78 is 0. The smallest absolute Gasteiger partial charge is 0.296 e. The van der Waals surface area contributed by atoms with Crippen LogP contribution < -0.4 is 10.6 Å². The third-order valence-corrected chi connectivity index (χ3v) is 4.37. The second-order valence-electron chi connectivity index (χ2n) is 6.36. The van der Waals surface area contributed by atoms with Crippen molar-refractivity contribution in [3.8, 4) is 0 Å². The average Bonchev–Trinajstić information content (AvgIpc) is 3.08. The molecule has 0 heterocycles. The van der Waals surface area contributed by atoms with E-state index >= 15 is 0 Å². The van der Waals surface area contributed by atoms with E-state index in [9.17, 15) is 9.59 Å². The summed E-state index contributed by atoms with van der Waals surface area (Å²) in [6, 6.07) is 15.0. The van der Waals surface area contributed by atoms with Crippen LogP contribution in [0.5, 0.6) is 0 Å². The maximum Gasteiger partial charge on any atom is 0.296 e. The molecule has 0 radical (unpaired) electrons. The van der Waals surface area contributed by atoms with Gasteiger partial charge < -0.3 is 10.6 Å². The highest BCUT2D eigenvalue weighted by atomic mass is 16.2. The SMILES string of the molecule is Cc1ccc(C(=O)C(=O)Nc2cccc(NC3CCCC3)c2)cc1. The molecule has 0 aliphatic heterocycles. The van der Waals surface area contributed by atoms with Gasteiger partial charge in [-0.15, -0.1) is 0 Å². The minimum Gasteiger partial charge on any atom is -0.382 e. The Morgan fingerprint density at radius 3 is 2.33 bits per heavy atom. The maximum atomic E-state index is 12.2. The maximum absolute atomic E-state index is 12.2. The van der Waals surface area contributed by atoms with E-state index in [2.05, 4.69) is 10.6 Å². The fourth-order valence-electron chi connectivity index (χ4n) is 3.02. The summed E-state index contributed by atoms with van der Waals surface area (Å²) in [7, 11) is 0. The number of hydrogen-bond acceptors (Lipinski definition) is 3. The fourth-order valence-corrected chi connectivity index (χ4v) is 3.02. The number of anilines is 2. The van der Waals surface area contributed by atoms with Crippen molar-refractivity contribution in [1.29, 1.82) is 0 Å². The normalized spacial score (nSPS) is 14.4. The zero-order valence-corrected chi connectivity index (χ0v) is 13.8. The summed E-state index contributed by atoms with van der Waals surface area (Å²) in [6.45, 7) is 1.94. The van der Waals surface area contributed by atoms with Crippen LogP contribution in [0, 0.1) is 6.92 Å². The summed E-state index contributed by atoms with van der Waals surface area (Å²) in [5.41, 5.74) is 3.06. The molecule has 2 N–H and O–H groups in total. The van der Waals surface area contributed by atoms with Gasteiger partial charge in [0.2, 0.25) is 0 Å². The molecule has 24 heavy (non-hydrogen) atoms. The Morgan fingerprint density at radius 2 is 1.62 bits per heavy atom. The molecule has 1 fully saturated rings. The molecule has 0 saturated heterocycles. The molecule has 1 aliphatic carbocycles. The van der Waals surface area contributed by atoms with E-state index in [0.717, 1.165) is 11.3 Å². The first-order valence-electron chi connectivity index (χ1n) is 8.41. The number of aryl methyl sites for hydroxylation is 1. The van der Waals surface area contributed by atoms with Crippen LogP contribution in [0.1, 0.15) is 41.6 Å². The predicted molar refractivity (Wildman–Crippen MR) is 96.5 cm³/mol. The third kappa shape index (κ3) is 4.02. The van der Waals surface area contributed by atoms with Gasteiger partial charge in [-0.05, 0) is 38.0 Å². The first kappa shape index (κ1) is 16.2. The van der Waals surface area contributed by atoms with Gasteiger partial charge >= 0.3 is 0 Å². The molecule has 1 amide bonds. The van der Waals surface area contributed by atoms with Crippen LogP contribution >= 0.6 is 0 Å². The molecule has 4 nitrogen and oxygen atoms in total. The summed E-state index contributed by atoms with van der Waals surface area (Å²) in [5.74, 6) is -1.14. The second-order valence-corrected chi connectivity index (χ2v) is 6.36. The van der Waals surface area contributed by atoms with Gasteiger partial charge in [-0.2, -0.15) is 0 Å². The highest BCUT2D eigenvalue weighted by Crippen LogP contribution is 2.23. The number of rotatable bonds is 5. The number of carbonyl (C=O) groups excluding carboxylic acids is 2. The second kappa shape index (κ2) is 7.30. The lowest BCUT2D eigenvalue weighted by molar-refractivity contribution is -0.112. The van der Waals surface area contributed by atoms with E-state index in [4.69, 9.17) is 0 Å². The van der Waals surface area contributed by atoms with Crippen molar-refractivity contribution < 1.29 is 9.59 Å². The lowest BCUT2D eigenvalue weighted by Crippen LogP contribution is -2.23. The topological polar surface area (TPSA) is 58.2 Å². The number of benzene rings is 2. The van der Waals surface area contributed by atoms with Crippen molar-refractivity contribution in [3.63, 3.8) is 0 Å². The molecule has 2 aromatic rings. The average molecular weight is 322 g/mol. The number of hydrogen-bond donors (Lipinski definition) is 2. The Labute approximate surface area is 142 Å². The van der Waals surface area contributed by atoms with Gasteiger partial charge in [-0.1, -0.05) is 48.7 Å². The first-order chi connectivity index (χ1) is 11.6. The van der Waals surface area contributed by atoms with Crippen molar-refractivity contribution in [2.24, 2.45) is 0 Å². The van der Waals surface area contributed by atoms with Crippen molar-refractivity contribution in [2.45, 2.75) is 38.6 Å². The molecular weight excluding hydrogens is 300 g/mol. The minimum atomic E-state index is -0.614. The van der Waals surface area contributed by atoms with E-state index in [1.165, 1.54) is 25.7 Å². The Bertz CT molecular complexity index is 732. The van der Waals surface area contributed by atoms with Crippen LogP contribution in [0.3, 0.4) is 0 Å². The highest BCUT2D eigenvalue weighted by Gasteiger charge is 2.17. The monoisotopic (exact) mass is 322 g/mol. The summed E-state index contributed by atoms with van der Waals surface area (Å²) in [4.78, 5) is 24.4. The molecule has 2 aromatic carbocycles. The first-order valence-corrected chi connectivity index (χ1v) is 8.41. The zero-order chi connectivity index (χ0) is 16.9. The summed E-state index contributed by atoms with van der Waals surface area (Å²) >= 11 is 0. The van der Waals surface area contributed by atoms with Crippen molar-refractivity contribution in [2.75, 3.05) is 10.6 Å². The van der Waals surface area contributed by atoms with Gasteiger partial charge in [-0.3, -0.25) is 9.59 Å². The standard InChI is InChI=1S/C20H22N2O2/c1-14-9-11-15(12-10-14)19(23)20(24)22-18-8-4-7-17(13-18)21-16-5-2-3-6-16/h4,7-13,16,21H,2-3,5-6H2,1H3,(H,22,24). The van der Waals surface area contributed by atoms with Gasteiger partial charge in [0.05, 0.1) is 0 Å². The molecule has 0 spiro atoms. The van der Waals surface area contributed by atoms with Crippen LogP contribution in [-0.4, -0.2) is 17.7 Å². The van der Waals surface area contributed by atoms with Gasteiger partial charge in [0.25, 0.3) is 11.7 Å². The van der Waals surface area contributed by atoms with Crippen LogP contribution in [0.4, 0.5) is 11.4 Å². The van der Waals surface area contributed by atoms with Crippen molar-refractivity contribution >= 4 is 23.1 Å². The van der Waals surface area contributed by atoms with Crippen LogP contribution in [0.15, 0.2) is 48.5 Å². The van der Waals surface area contributed by atoms with Crippen LogP contribution in [0.25, 0.3) is 0 Å². The zero-order valence-electron chi connectivity index (χ0n) is 13.8. The van der Waals surface area contributed by atoms with E-state index < -0.39 is 11.7 Å². The Hall–Kier alpha value is -2.62. The Kier molecular flexibility index (Phi) is 4.94. The molecule has 3 rings (SSSR count). The van der Waals surface area contributed by atoms with Gasteiger partial charge in [-0.25, -0.2) is 0 Å². The van der Waals surface area contributed by atoms with Crippen molar-refractivity contribution in [1.82, 2.24) is 0 Å². The van der Waals surface area contributed by atoms with E-state index in [1.807, 2.05) is 37.3 Å². The largest absolute Gasteiger partial charge is 0.382 e. The molecule has 0 atom stereocenters. The minimum absolute atomic E-state index is 0.401. The lowest BCUT2D eigenvalue weighted by Gasteiger charge is -2.14. The fraction of sp³-hybridized carbons (Fsp3) is 0.300. The Balaban J connectivity index is 1.65. The van der Waals surface area contributed by atoms with Gasteiger partial charge in [0.1, 0.15) is 0 Å².